The summed E-state index contributed by atoms with van der Waals surface area (Å²) in [6.07, 6.45) is 4.79. The van der Waals surface area contributed by atoms with Gasteiger partial charge in [-0.2, -0.15) is 0 Å². The molecule has 1 aliphatic rings. The number of aliphatic hydroxyl groups is 1. The van der Waals surface area contributed by atoms with E-state index in [0.29, 0.717) is 6.42 Å². The molecule has 0 unspecified atom stereocenters. The van der Waals surface area contributed by atoms with E-state index in [1.54, 1.807) is 6.08 Å². The molecule has 2 heteroatoms. The molecule has 0 bridgehead atoms. The van der Waals surface area contributed by atoms with Crippen molar-refractivity contribution in [3.63, 3.8) is 0 Å². The van der Waals surface area contributed by atoms with Gasteiger partial charge in [0.1, 0.15) is 5.76 Å². The SMILES string of the molecule is O=C1C=C(O)C=CC1. The van der Waals surface area contributed by atoms with Gasteiger partial charge in [-0.25, -0.2) is 0 Å². The van der Waals surface area contributed by atoms with Crippen molar-refractivity contribution in [3.8, 4) is 0 Å². The van der Waals surface area contributed by atoms with E-state index >= 15 is 0 Å². The second kappa shape index (κ2) is 1.82. The van der Waals surface area contributed by atoms with Crippen molar-refractivity contribution in [2.75, 3.05) is 0 Å². The smallest absolute Gasteiger partial charge is 0.163 e. The molecule has 0 amide bonds. The van der Waals surface area contributed by atoms with Crippen LogP contribution in [-0.2, 0) is 4.79 Å². The zero-order valence-electron chi connectivity index (χ0n) is 4.29. The monoisotopic (exact) mass is 110 g/mol. The summed E-state index contributed by atoms with van der Waals surface area (Å²) in [7, 11) is 0. The summed E-state index contributed by atoms with van der Waals surface area (Å²) in [6, 6.07) is 0. The first-order valence-corrected chi connectivity index (χ1v) is 2.39. The Kier molecular flexibility index (Phi) is 1.16. The van der Waals surface area contributed by atoms with E-state index < -0.39 is 0 Å². The molecule has 8 heavy (non-hydrogen) atoms. The molecule has 0 aromatic carbocycles. The number of hydrogen-bond acceptors (Lipinski definition) is 2. The highest BCUT2D eigenvalue weighted by atomic mass is 16.3. The summed E-state index contributed by atoms with van der Waals surface area (Å²) >= 11 is 0. The minimum Gasteiger partial charge on any atom is -0.508 e. The fraction of sp³-hybridized carbons (Fsp3) is 0.167. The molecular formula is C6H6O2. The fourth-order valence-electron chi connectivity index (χ4n) is 0.568. The number of ketones is 1. The second-order valence-electron chi connectivity index (χ2n) is 1.64. The molecule has 0 spiro atoms. The Balaban J connectivity index is 2.77. The predicted molar refractivity (Wildman–Crippen MR) is 29.5 cm³/mol. The van der Waals surface area contributed by atoms with Crippen molar-refractivity contribution in [3.05, 3.63) is 24.0 Å². The molecular weight excluding hydrogens is 104 g/mol. The maximum absolute atomic E-state index is 10.4. The van der Waals surface area contributed by atoms with Gasteiger partial charge >= 0.3 is 0 Å². The van der Waals surface area contributed by atoms with Gasteiger partial charge in [-0.1, -0.05) is 6.08 Å². The number of hydrogen-bond donors (Lipinski definition) is 1. The summed E-state index contributed by atoms with van der Waals surface area (Å²) in [5, 5.41) is 8.63. The number of rotatable bonds is 0. The standard InChI is InChI=1S/C6H6O2/c7-5-2-1-3-6(8)4-5/h1-2,4,7H,3H2. The largest absolute Gasteiger partial charge is 0.508 e. The average Bonchev–Trinajstić information content (AvgIpc) is 1.64. The molecule has 0 atom stereocenters. The van der Waals surface area contributed by atoms with Crippen LogP contribution in [0.2, 0.25) is 0 Å². The van der Waals surface area contributed by atoms with Crippen molar-refractivity contribution in [1.82, 2.24) is 0 Å². The molecule has 1 N–H and O–H groups in total. The fourth-order valence-corrected chi connectivity index (χ4v) is 0.568. The van der Waals surface area contributed by atoms with Crippen LogP contribution in [0.25, 0.3) is 0 Å². The molecule has 0 aromatic heterocycles. The van der Waals surface area contributed by atoms with Gasteiger partial charge in [0, 0.05) is 12.5 Å². The zero-order chi connectivity index (χ0) is 5.98. The molecule has 0 aliphatic heterocycles. The molecule has 1 rings (SSSR count). The molecule has 42 valence electrons. The zero-order valence-corrected chi connectivity index (χ0v) is 4.29. The molecule has 0 heterocycles. The third-order valence-corrected chi connectivity index (χ3v) is 0.917. The summed E-state index contributed by atoms with van der Waals surface area (Å²) in [6.45, 7) is 0. The summed E-state index contributed by atoms with van der Waals surface area (Å²) in [5.41, 5.74) is 0. The van der Waals surface area contributed by atoms with E-state index in [1.165, 1.54) is 12.2 Å². The van der Waals surface area contributed by atoms with Crippen LogP contribution >= 0.6 is 0 Å². The molecule has 1 aliphatic carbocycles. The molecule has 0 fully saturated rings. The maximum Gasteiger partial charge on any atom is 0.163 e. The Morgan fingerprint density at radius 3 is 2.75 bits per heavy atom. The van der Waals surface area contributed by atoms with Crippen LogP contribution in [0.1, 0.15) is 6.42 Å². The van der Waals surface area contributed by atoms with Crippen LogP contribution < -0.4 is 0 Å². The van der Waals surface area contributed by atoms with E-state index in [4.69, 9.17) is 5.11 Å². The van der Waals surface area contributed by atoms with E-state index in [-0.39, 0.29) is 11.5 Å². The van der Waals surface area contributed by atoms with E-state index in [9.17, 15) is 4.79 Å². The van der Waals surface area contributed by atoms with Crippen LogP contribution in [0.3, 0.4) is 0 Å². The van der Waals surface area contributed by atoms with Crippen molar-refractivity contribution in [1.29, 1.82) is 0 Å². The van der Waals surface area contributed by atoms with Crippen molar-refractivity contribution < 1.29 is 9.90 Å². The quantitative estimate of drug-likeness (QED) is 0.504. The van der Waals surface area contributed by atoms with E-state index in [2.05, 4.69) is 0 Å². The molecule has 0 saturated heterocycles. The molecule has 0 saturated carbocycles. The third-order valence-electron chi connectivity index (χ3n) is 0.917. The first-order chi connectivity index (χ1) is 3.79. The van der Waals surface area contributed by atoms with Gasteiger partial charge in [0.2, 0.25) is 0 Å². The Labute approximate surface area is 47.1 Å². The maximum atomic E-state index is 10.4. The molecule has 0 radical (unpaired) electrons. The minimum absolute atomic E-state index is 0.0370. The van der Waals surface area contributed by atoms with E-state index in [0.717, 1.165) is 0 Å². The van der Waals surface area contributed by atoms with Crippen LogP contribution in [0, 0.1) is 0 Å². The lowest BCUT2D eigenvalue weighted by molar-refractivity contribution is -0.114. The highest BCUT2D eigenvalue weighted by Gasteiger charge is 1.99. The molecule has 0 aromatic rings. The Morgan fingerprint density at radius 1 is 1.62 bits per heavy atom. The number of carbonyl (C=O) groups is 1. The van der Waals surface area contributed by atoms with Gasteiger partial charge < -0.3 is 5.11 Å². The molecule has 2 nitrogen and oxygen atoms in total. The second-order valence-corrected chi connectivity index (χ2v) is 1.64. The van der Waals surface area contributed by atoms with Crippen molar-refractivity contribution in [2.24, 2.45) is 0 Å². The van der Waals surface area contributed by atoms with Crippen LogP contribution in [-0.4, -0.2) is 10.9 Å². The average molecular weight is 110 g/mol. The Hall–Kier alpha value is -1.05. The normalized spacial score (nSPS) is 18.5. The van der Waals surface area contributed by atoms with Crippen LogP contribution in [0.5, 0.6) is 0 Å². The first-order valence-electron chi connectivity index (χ1n) is 2.39. The van der Waals surface area contributed by atoms with Gasteiger partial charge in [-0.3, -0.25) is 4.79 Å². The predicted octanol–water partition coefficient (Wildman–Crippen LogP) is 0.957. The lowest BCUT2D eigenvalue weighted by Crippen LogP contribution is -1.95. The summed E-state index contributed by atoms with van der Waals surface area (Å²) in [5.74, 6) is 0.0197. The summed E-state index contributed by atoms with van der Waals surface area (Å²) < 4.78 is 0. The highest BCUT2D eigenvalue weighted by molar-refractivity contribution is 5.92. The minimum atomic E-state index is -0.0370. The van der Waals surface area contributed by atoms with Crippen molar-refractivity contribution >= 4 is 5.78 Å². The number of carbonyl (C=O) groups excluding carboxylic acids is 1. The first kappa shape index (κ1) is 5.09. The van der Waals surface area contributed by atoms with Crippen LogP contribution in [0.4, 0.5) is 0 Å². The van der Waals surface area contributed by atoms with Crippen molar-refractivity contribution in [2.45, 2.75) is 6.42 Å². The number of aliphatic hydroxyl groups excluding tert-OH is 1. The lowest BCUT2D eigenvalue weighted by Gasteiger charge is -1.95. The highest BCUT2D eigenvalue weighted by Crippen LogP contribution is 2.01. The van der Waals surface area contributed by atoms with Gasteiger partial charge in [0.25, 0.3) is 0 Å². The Morgan fingerprint density at radius 2 is 2.38 bits per heavy atom. The van der Waals surface area contributed by atoms with Crippen LogP contribution in [0.15, 0.2) is 24.0 Å². The van der Waals surface area contributed by atoms with Gasteiger partial charge in [0.15, 0.2) is 5.78 Å². The topological polar surface area (TPSA) is 37.3 Å². The number of allylic oxidation sites excluding steroid dienone is 3. The van der Waals surface area contributed by atoms with Gasteiger partial charge in [0.05, 0.1) is 0 Å². The third kappa shape index (κ3) is 0.964. The van der Waals surface area contributed by atoms with Gasteiger partial charge in [-0.15, -0.1) is 0 Å². The Bertz CT molecular complexity index is 165. The van der Waals surface area contributed by atoms with E-state index in [1.807, 2.05) is 0 Å². The summed E-state index contributed by atoms with van der Waals surface area (Å²) in [4.78, 5) is 10.4. The van der Waals surface area contributed by atoms with Gasteiger partial charge in [-0.05, 0) is 6.08 Å². The lowest BCUT2D eigenvalue weighted by atomic mass is 10.1.